The number of fused-ring (bicyclic) bond motifs is 6. The molecule has 4 heterocycles. The Balaban J connectivity index is 1.43. The molecule has 4 amide bonds. The average Bonchev–Trinajstić information content (AvgIpc) is 3.42. The first kappa shape index (κ1) is 27.4. The number of rotatable bonds is 2. The molecule has 0 unspecified atom stereocenters. The van der Waals surface area contributed by atoms with Crippen LogP contribution in [-0.4, -0.2) is 124 Å². The summed E-state index contributed by atoms with van der Waals surface area (Å²) in [7, 11) is 0. The standard InChI is InChI=1S/C26H34FN5O7/c1-14(33)32-7-6-30-13-19(32)25(37)28-10-21-24(36)23(35)20(39-21)9-22(34)29-17-8-18(26(30)38)31(12-17)11-15-2-4-16(27)5-3-15/h2-5,17-21,23-24,35-36H,6-13H2,1H3,(H,28,37)(H,29,34)/t17-,18-,19-,20-,21+,23-,24+/m0/s1. The minimum Gasteiger partial charge on any atom is -0.388 e. The third kappa shape index (κ3) is 5.76. The molecule has 4 fully saturated rings. The number of nitrogens with zero attached hydrogens (tertiary/aromatic N) is 3. The Morgan fingerprint density at radius 1 is 1.05 bits per heavy atom. The molecule has 1 aromatic rings. The average molecular weight is 548 g/mol. The number of hydrogen-bond acceptors (Lipinski definition) is 8. The topological polar surface area (TPSA) is 152 Å². The molecule has 0 radical (unpaired) electrons. The van der Waals surface area contributed by atoms with Gasteiger partial charge in [0.2, 0.25) is 23.6 Å². The maximum atomic E-state index is 13.8. The lowest BCUT2D eigenvalue weighted by Crippen LogP contribution is -2.63. The SMILES string of the molecule is CC(=O)N1CCN2C[C@H]1C(=O)NC[C@H]1O[C@@H](CC(=O)N[C@H]3C[C@@H](C2=O)N(Cc2ccc(F)cc2)C3)[C@H](O)[C@@H]1O. The summed E-state index contributed by atoms with van der Waals surface area (Å²) >= 11 is 0. The van der Waals surface area contributed by atoms with Gasteiger partial charge in [0.05, 0.1) is 25.1 Å². The molecule has 4 aliphatic rings. The molecule has 7 atom stereocenters. The summed E-state index contributed by atoms with van der Waals surface area (Å²) in [5, 5.41) is 26.5. The Kier molecular flexibility index (Phi) is 7.85. The Hall–Kier alpha value is -3.13. The molecule has 4 saturated heterocycles. The number of benzene rings is 1. The fraction of sp³-hybridized carbons (Fsp3) is 0.615. The van der Waals surface area contributed by atoms with E-state index in [1.807, 2.05) is 4.90 Å². The second kappa shape index (κ2) is 11.2. The van der Waals surface area contributed by atoms with Gasteiger partial charge < -0.3 is 35.4 Å². The lowest BCUT2D eigenvalue weighted by Gasteiger charge is -2.41. The number of carbonyl (C=O) groups excluding carboxylic acids is 4. The molecule has 212 valence electrons. The lowest BCUT2D eigenvalue weighted by molar-refractivity contribution is -0.149. The molecular weight excluding hydrogens is 513 g/mol. The molecule has 4 aliphatic heterocycles. The Morgan fingerprint density at radius 2 is 1.77 bits per heavy atom. The summed E-state index contributed by atoms with van der Waals surface area (Å²) in [6, 6.07) is 4.06. The van der Waals surface area contributed by atoms with Gasteiger partial charge in [-0.3, -0.25) is 24.1 Å². The molecule has 12 nitrogen and oxygen atoms in total. The van der Waals surface area contributed by atoms with Gasteiger partial charge in [-0.1, -0.05) is 12.1 Å². The van der Waals surface area contributed by atoms with E-state index in [1.54, 1.807) is 17.0 Å². The van der Waals surface area contributed by atoms with Gasteiger partial charge in [-0.2, -0.15) is 0 Å². The maximum Gasteiger partial charge on any atom is 0.244 e. The van der Waals surface area contributed by atoms with E-state index < -0.39 is 48.3 Å². The van der Waals surface area contributed by atoms with Crippen LogP contribution >= 0.6 is 0 Å². The molecule has 6 bridgehead atoms. The van der Waals surface area contributed by atoms with Crippen LogP contribution < -0.4 is 10.6 Å². The summed E-state index contributed by atoms with van der Waals surface area (Å²) in [5.74, 6) is -1.78. The van der Waals surface area contributed by atoms with Crippen LogP contribution in [-0.2, 0) is 30.5 Å². The molecule has 13 heteroatoms. The Morgan fingerprint density at radius 3 is 2.49 bits per heavy atom. The van der Waals surface area contributed by atoms with Crippen molar-refractivity contribution in [3.63, 3.8) is 0 Å². The van der Waals surface area contributed by atoms with Crippen molar-refractivity contribution >= 4 is 23.6 Å². The highest BCUT2D eigenvalue weighted by molar-refractivity contribution is 5.89. The zero-order valence-corrected chi connectivity index (χ0v) is 21.7. The van der Waals surface area contributed by atoms with Gasteiger partial charge in [0.25, 0.3) is 0 Å². The van der Waals surface area contributed by atoms with Crippen molar-refractivity contribution in [2.45, 2.75) is 68.9 Å². The van der Waals surface area contributed by atoms with E-state index in [1.165, 1.54) is 24.0 Å². The van der Waals surface area contributed by atoms with Crippen molar-refractivity contribution in [3.8, 4) is 0 Å². The number of nitrogens with one attached hydrogen (secondary N) is 2. The Bertz CT molecular complexity index is 1120. The predicted octanol–water partition coefficient (Wildman–Crippen LogP) is -2.05. The molecular formula is C26H34FN5O7. The number of halogens is 1. The van der Waals surface area contributed by atoms with Crippen molar-refractivity contribution in [2.24, 2.45) is 0 Å². The van der Waals surface area contributed by atoms with E-state index in [-0.39, 0.29) is 56.3 Å². The largest absolute Gasteiger partial charge is 0.388 e. The molecule has 39 heavy (non-hydrogen) atoms. The summed E-state index contributed by atoms with van der Waals surface area (Å²) in [4.78, 5) is 57.1. The number of amides is 4. The van der Waals surface area contributed by atoms with Gasteiger partial charge in [0.1, 0.15) is 30.2 Å². The van der Waals surface area contributed by atoms with Crippen LogP contribution in [0.3, 0.4) is 0 Å². The third-order valence-corrected chi connectivity index (χ3v) is 8.08. The van der Waals surface area contributed by atoms with E-state index in [9.17, 15) is 33.8 Å². The van der Waals surface area contributed by atoms with Gasteiger partial charge in [-0.05, 0) is 24.1 Å². The van der Waals surface area contributed by atoms with E-state index in [0.29, 0.717) is 19.5 Å². The minimum atomic E-state index is -1.32. The number of aliphatic hydroxyl groups excluding tert-OH is 2. The zero-order valence-electron chi connectivity index (χ0n) is 21.7. The Labute approximate surface area is 225 Å². The summed E-state index contributed by atoms with van der Waals surface area (Å²) in [6.07, 6.45) is -4.43. The summed E-state index contributed by atoms with van der Waals surface area (Å²) < 4.78 is 19.2. The first-order valence-corrected chi connectivity index (χ1v) is 13.2. The van der Waals surface area contributed by atoms with Crippen LogP contribution in [0.1, 0.15) is 25.3 Å². The van der Waals surface area contributed by atoms with Crippen molar-refractivity contribution in [3.05, 3.63) is 35.6 Å². The fourth-order valence-electron chi connectivity index (χ4n) is 6.01. The number of piperazine rings is 1. The van der Waals surface area contributed by atoms with Gasteiger partial charge in [0, 0.05) is 45.7 Å². The van der Waals surface area contributed by atoms with Crippen molar-refractivity contribution < 1.29 is 38.5 Å². The minimum absolute atomic E-state index is 0.0124. The van der Waals surface area contributed by atoms with Gasteiger partial charge in [-0.25, -0.2) is 4.39 Å². The van der Waals surface area contributed by atoms with Crippen LogP contribution in [0.15, 0.2) is 24.3 Å². The monoisotopic (exact) mass is 547 g/mol. The molecule has 0 aromatic heterocycles. The first-order chi connectivity index (χ1) is 18.6. The maximum absolute atomic E-state index is 13.8. The number of likely N-dealkylation sites (tertiary alicyclic amines) is 1. The van der Waals surface area contributed by atoms with Crippen LogP contribution in [0.2, 0.25) is 0 Å². The van der Waals surface area contributed by atoms with Crippen LogP contribution in [0.4, 0.5) is 4.39 Å². The van der Waals surface area contributed by atoms with Crippen molar-refractivity contribution in [1.29, 1.82) is 0 Å². The van der Waals surface area contributed by atoms with Gasteiger partial charge >= 0.3 is 0 Å². The summed E-state index contributed by atoms with van der Waals surface area (Å²) in [5.41, 5.74) is 0.799. The normalized spacial score (nSPS) is 34.2. The second-order valence-corrected chi connectivity index (χ2v) is 10.7. The highest BCUT2D eigenvalue weighted by Crippen LogP contribution is 2.27. The van der Waals surface area contributed by atoms with E-state index >= 15 is 0 Å². The summed E-state index contributed by atoms with van der Waals surface area (Å²) in [6.45, 7) is 2.34. The second-order valence-electron chi connectivity index (χ2n) is 10.7. The molecule has 5 rings (SSSR count). The van der Waals surface area contributed by atoms with Crippen molar-refractivity contribution in [1.82, 2.24) is 25.3 Å². The quantitative estimate of drug-likeness (QED) is 0.331. The lowest BCUT2D eigenvalue weighted by atomic mass is 10.0. The predicted molar refractivity (Wildman–Crippen MR) is 133 cm³/mol. The number of aliphatic hydroxyl groups is 2. The van der Waals surface area contributed by atoms with Crippen LogP contribution in [0.5, 0.6) is 0 Å². The number of carbonyl (C=O) groups is 4. The number of hydrogen-bond donors (Lipinski definition) is 4. The highest BCUT2D eigenvalue weighted by atomic mass is 19.1. The molecule has 0 aliphatic carbocycles. The van der Waals surface area contributed by atoms with E-state index in [2.05, 4.69) is 10.6 Å². The first-order valence-electron chi connectivity index (χ1n) is 13.2. The molecule has 0 spiro atoms. The van der Waals surface area contributed by atoms with Gasteiger partial charge in [0.15, 0.2) is 0 Å². The third-order valence-electron chi connectivity index (χ3n) is 8.08. The van der Waals surface area contributed by atoms with E-state index in [4.69, 9.17) is 4.74 Å². The molecule has 0 saturated carbocycles. The fourth-order valence-corrected chi connectivity index (χ4v) is 6.01. The highest BCUT2D eigenvalue weighted by Gasteiger charge is 2.46. The smallest absolute Gasteiger partial charge is 0.244 e. The van der Waals surface area contributed by atoms with Crippen LogP contribution in [0.25, 0.3) is 0 Å². The zero-order chi connectivity index (χ0) is 27.8. The molecule has 4 N–H and O–H groups in total. The number of ether oxygens (including phenoxy) is 1. The van der Waals surface area contributed by atoms with E-state index in [0.717, 1.165) is 5.56 Å². The van der Waals surface area contributed by atoms with Crippen LogP contribution in [0, 0.1) is 5.82 Å². The van der Waals surface area contributed by atoms with Crippen molar-refractivity contribution in [2.75, 3.05) is 32.7 Å². The van der Waals surface area contributed by atoms with Gasteiger partial charge in [-0.15, -0.1) is 0 Å². The molecule has 1 aromatic carbocycles.